The van der Waals surface area contributed by atoms with E-state index in [1.807, 2.05) is 0 Å². The van der Waals surface area contributed by atoms with Crippen LogP contribution in [0.15, 0.2) is 243 Å². The third kappa shape index (κ3) is 8.14. The van der Waals surface area contributed by atoms with Crippen molar-refractivity contribution >= 4 is 46.3 Å². The highest BCUT2D eigenvalue weighted by molar-refractivity contribution is 5.82. The molecule has 0 N–H and O–H groups in total. The van der Waals surface area contributed by atoms with Gasteiger partial charge in [0.1, 0.15) is 0 Å². The van der Waals surface area contributed by atoms with E-state index in [9.17, 15) is 0 Å². The fourth-order valence-corrected chi connectivity index (χ4v) is 7.43. The Hall–Kier alpha value is -7.68. The van der Waals surface area contributed by atoms with Gasteiger partial charge in [-0.25, -0.2) is 0 Å². The van der Waals surface area contributed by atoms with Crippen LogP contribution >= 0.6 is 0 Å². The molecule has 0 heterocycles. The molecule has 0 amide bonds. The molecule has 0 aliphatic carbocycles. The van der Waals surface area contributed by atoms with E-state index in [2.05, 4.69) is 265 Å². The van der Waals surface area contributed by atoms with E-state index in [4.69, 9.17) is 0 Å². The van der Waals surface area contributed by atoms with Crippen LogP contribution in [0.4, 0.5) is 34.1 Å². The fourth-order valence-electron chi connectivity index (χ4n) is 7.43. The van der Waals surface area contributed by atoms with Gasteiger partial charge in [-0.05, 0) is 117 Å². The molecule has 276 valence electrons. The molecule has 9 aromatic carbocycles. The lowest BCUT2D eigenvalue weighted by atomic mass is 10.0. The number of para-hydroxylation sites is 2. The third-order valence-electron chi connectivity index (χ3n) is 10.5. The molecule has 0 aliphatic heterocycles. The molecule has 2 nitrogen and oxygen atoms in total. The molecule has 0 saturated heterocycles. The summed E-state index contributed by atoms with van der Waals surface area (Å²) in [6, 6.07) is 86.2. The molecule has 0 radical (unpaired) electrons. The van der Waals surface area contributed by atoms with Crippen LogP contribution in [-0.4, -0.2) is 0 Å². The highest BCUT2D eigenvalue weighted by atomic mass is 15.1. The van der Waals surface area contributed by atoms with Crippen LogP contribution in [0.25, 0.3) is 45.5 Å². The molecule has 9 aromatic rings. The van der Waals surface area contributed by atoms with Crippen LogP contribution < -0.4 is 9.80 Å². The lowest BCUT2D eigenvalue weighted by Crippen LogP contribution is -2.09. The van der Waals surface area contributed by atoms with Gasteiger partial charge >= 0.3 is 0 Å². The lowest BCUT2D eigenvalue weighted by molar-refractivity contribution is 1.28. The van der Waals surface area contributed by atoms with Crippen LogP contribution in [0, 0.1) is 0 Å². The molecule has 0 fully saturated rings. The Morgan fingerprint density at radius 3 is 0.707 bits per heavy atom. The molecular weight excluding hydrogens is 701 g/mol. The zero-order chi connectivity index (χ0) is 38.9. The first kappa shape index (κ1) is 36.0. The minimum absolute atomic E-state index is 1.10. The molecule has 0 aliphatic rings. The fraction of sp³-hybridized carbons (Fsp3) is 0. The molecule has 0 atom stereocenters. The van der Waals surface area contributed by atoms with E-state index in [1.54, 1.807) is 0 Å². The molecule has 0 unspecified atom stereocenters. The highest BCUT2D eigenvalue weighted by Crippen LogP contribution is 2.38. The van der Waals surface area contributed by atoms with Gasteiger partial charge < -0.3 is 9.80 Å². The van der Waals surface area contributed by atoms with E-state index in [-0.39, 0.29) is 0 Å². The third-order valence-corrected chi connectivity index (χ3v) is 10.5. The minimum atomic E-state index is 1.10. The lowest BCUT2D eigenvalue weighted by Gasteiger charge is -2.26. The summed E-state index contributed by atoms with van der Waals surface area (Å²) in [7, 11) is 0. The predicted octanol–water partition coefficient (Wildman–Crippen LogP) is 15.8. The van der Waals surface area contributed by atoms with Gasteiger partial charge in [0, 0.05) is 34.1 Å². The molecule has 58 heavy (non-hydrogen) atoms. The summed E-state index contributed by atoms with van der Waals surface area (Å²) in [5.74, 6) is 0. The number of nitrogens with zero attached hydrogens (tertiary/aromatic N) is 2. The molecular formula is C56H42N2. The molecule has 9 rings (SSSR count). The maximum absolute atomic E-state index is 2.33. The van der Waals surface area contributed by atoms with Crippen molar-refractivity contribution in [2.75, 3.05) is 9.80 Å². The summed E-state index contributed by atoms with van der Waals surface area (Å²) in [6.45, 7) is 0. The van der Waals surface area contributed by atoms with Gasteiger partial charge in [0.15, 0.2) is 0 Å². The van der Waals surface area contributed by atoms with Crippen molar-refractivity contribution in [1.82, 2.24) is 0 Å². The van der Waals surface area contributed by atoms with E-state index < -0.39 is 0 Å². The summed E-state index contributed by atoms with van der Waals surface area (Å²) in [5.41, 5.74) is 16.2. The largest absolute Gasteiger partial charge is 0.311 e. The standard InChI is InChI=1S/C56H42N2/c1-5-13-45(14-6-1)48-29-37-54(38-30-48)58(55-39-31-49(32-40-55)46-15-7-2-8-16-46)56-41-33-50(34-42-56)47-27-23-43(24-28-47)21-22-44-25-35-53(36-26-44)57(51-17-9-3-10-18-51)52-19-11-4-12-20-52/h1-42H. The van der Waals surface area contributed by atoms with Crippen molar-refractivity contribution in [1.29, 1.82) is 0 Å². The maximum atomic E-state index is 2.33. The summed E-state index contributed by atoms with van der Waals surface area (Å²) in [6.07, 6.45) is 4.36. The van der Waals surface area contributed by atoms with Crippen LogP contribution in [0.2, 0.25) is 0 Å². The second-order valence-electron chi connectivity index (χ2n) is 14.3. The van der Waals surface area contributed by atoms with E-state index >= 15 is 0 Å². The monoisotopic (exact) mass is 742 g/mol. The van der Waals surface area contributed by atoms with Crippen molar-refractivity contribution < 1.29 is 0 Å². The van der Waals surface area contributed by atoms with Crippen molar-refractivity contribution in [3.8, 4) is 33.4 Å². The Balaban J connectivity index is 0.931. The molecule has 0 saturated carbocycles. The second kappa shape index (κ2) is 17.0. The van der Waals surface area contributed by atoms with Crippen molar-refractivity contribution in [3.63, 3.8) is 0 Å². The Labute approximate surface area is 341 Å². The van der Waals surface area contributed by atoms with Gasteiger partial charge in [-0.2, -0.15) is 0 Å². The van der Waals surface area contributed by atoms with Gasteiger partial charge in [0.2, 0.25) is 0 Å². The van der Waals surface area contributed by atoms with Gasteiger partial charge in [0.25, 0.3) is 0 Å². The Bertz CT molecular complexity index is 2570. The van der Waals surface area contributed by atoms with Crippen molar-refractivity contribution in [2.24, 2.45) is 0 Å². The van der Waals surface area contributed by atoms with Crippen LogP contribution in [-0.2, 0) is 0 Å². The summed E-state index contributed by atoms with van der Waals surface area (Å²) >= 11 is 0. The van der Waals surface area contributed by atoms with Gasteiger partial charge in [0.05, 0.1) is 0 Å². The SMILES string of the molecule is C(=Cc1ccc(N(c2ccccc2)c2ccccc2)cc1)c1ccc(-c2ccc(N(c3ccc(-c4ccccc4)cc3)c3ccc(-c4ccccc4)cc3)cc2)cc1. The Morgan fingerprint density at radius 1 is 0.190 bits per heavy atom. The van der Waals surface area contributed by atoms with Gasteiger partial charge in [-0.15, -0.1) is 0 Å². The van der Waals surface area contributed by atoms with E-state index in [0.717, 1.165) is 45.3 Å². The first-order valence-corrected chi connectivity index (χ1v) is 19.8. The first-order valence-electron chi connectivity index (χ1n) is 19.8. The summed E-state index contributed by atoms with van der Waals surface area (Å²) < 4.78 is 0. The average molecular weight is 743 g/mol. The Morgan fingerprint density at radius 2 is 0.397 bits per heavy atom. The quantitative estimate of drug-likeness (QED) is 0.122. The number of anilines is 6. The summed E-state index contributed by atoms with van der Waals surface area (Å²) in [5, 5.41) is 0. The predicted molar refractivity (Wildman–Crippen MR) is 247 cm³/mol. The second-order valence-corrected chi connectivity index (χ2v) is 14.3. The minimum Gasteiger partial charge on any atom is -0.311 e. The summed E-state index contributed by atoms with van der Waals surface area (Å²) in [4.78, 5) is 4.61. The normalized spacial score (nSPS) is 11.0. The topological polar surface area (TPSA) is 6.48 Å². The maximum Gasteiger partial charge on any atom is 0.0462 e. The smallest absolute Gasteiger partial charge is 0.0462 e. The number of rotatable bonds is 11. The molecule has 0 spiro atoms. The number of benzene rings is 9. The van der Waals surface area contributed by atoms with Crippen molar-refractivity contribution in [3.05, 3.63) is 254 Å². The zero-order valence-corrected chi connectivity index (χ0v) is 32.1. The Kier molecular flexibility index (Phi) is 10.5. The first-order chi connectivity index (χ1) is 28.7. The van der Waals surface area contributed by atoms with Crippen molar-refractivity contribution in [2.45, 2.75) is 0 Å². The molecule has 0 aromatic heterocycles. The van der Waals surface area contributed by atoms with E-state index in [0.29, 0.717) is 0 Å². The zero-order valence-electron chi connectivity index (χ0n) is 32.1. The van der Waals surface area contributed by atoms with E-state index in [1.165, 1.54) is 33.4 Å². The highest BCUT2D eigenvalue weighted by Gasteiger charge is 2.14. The van der Waals surface area contributed by atoms with Crippen LogP contribution in [0.5, 0.6) is 0 Å². The van der Waals surface area contributed by atoms with Gasteiger partial charge in [-0.3, -0.25) is 0 Å². The molecule has 0 bridgehead atoms. The van der Waals surface area contributed by atoms with Crippen LogP contribution in [0.1, 0.15) is 11.1 Å². The van der Waals surface area contributed by atoms with Crippen LogP contribution in [0.3, 0.4) is 0 Å². The number of hydrogen-bond donors (Lipinski definition) is 0. The molecule has 2 heteroatoms. The van der Waals surface area contributed by atoms with Gasteiger partial charge in [-0.1, -0.05) is 182 Å². The average Bonchev–Trinajstić information content (AvgIpc) is 3.31. The number of hydrogen-bond acceptors (Lipinski definition) is 2.